The number of aromatic hydroxyl groups is 3. The van der Waals surface area contributed by atoms with Gasteiger partial charge < -0.3 is 28.9 Å². The van der Waals surface area contributed by atoms with Crippen LogP contribution in [0.15, 0.2) is 130 Å². The highest BCUT2D eigenvalue weighted by Gasteiger charge is 2.38. The lowest BCUT2D eigenvalue weighted by atomic mass is 9.74. The molecule has 0 amide bonds. The Balaban J connectivity index is 1.56. The van der Waals surface area contributed by atoms with Gasteiger partial charge in [-0.3, -0.25) is 0 Å². The van der Waals surface area contributed by atoms with E-state index in [1.807, 2.05) is 149 Å². The molecule has 0 aliphatic carbocycles. The lowest BCUT2D eigenvalue weighted by Crippen LogP contribution is -2.55. The minimum atomic E-state index is -4.62. The Bertz CT molecular complexity index is 3440. The van der Waals surface area contributed by atoms with Gasteiger partial charge in [-0.25, -0.2) is 28.1 Å². The van der Waals surface area contributed by atoms with E-state index >= 15 is 18.9 Å². The molecular formula is C66H82N3O10P. The smallest absolute Gasteiger partial charge is 0.507 e. The van der Waals surface area contributed by atoms with Crippen molar-refractivity contribution in [1.82, 2.24) is 13.7 Å². The van der Waals surface area contributed by atoms with E-state index in [0.29, 0.717) is 61.2 Å². The minimum absolute atomic E-state index is 0.0224. The summed E-state index contributed by atoms with van der Waals surface area (Å²) in [4.78, 5) is 46.6. The molecule has 0 aliphatic rings. The van der Waals surface area contributed by atoms with Gasteiger partial charge in [0.2, 0.25) is 0 Å². The van der Waals surface area contributed by atoms with Crippen LogP contribution in [0.5, 0.6) is 34.5 Å². The molecule has 6 aromatic carbocycles. The molecule has 0 radical (unpaired) electrons. The Labute approximate surface area is 472 Å². The largest absolute Gasteiger partial charge is 0.647 e. The highest BCUT2D eigenvalue weighted by molar-refractivity contribution is 7.49. The van der Waals surface area contributed by atoms with Gasteiger partial charge in [0, 0.05) is 11.1 Å². The Hall–Kier alpha value is -7.24. The number of phosphoric ester groups is 1. The van der Waals surface area contributed by atoms with Gasteiger partial charge in [0.25, 0.3) is 0 Å². The quantitative estimate of drug-likeness (QED) is 0.0944. The van der Waals surface area contributed by atoms with E-state index in [0.717, 1.165) is 13.7 Å². The SMILES string of the molecule is CC(C)(C)c1cc(Cn2c(=O)n(Cc3cc(C(C)(C)C)c(O)c(C(C)(C)C)c3)c(=O)n(Cc3cc(C(C)(C)C)c(O)c(C(C)(C)C)c3-c3ccccc3OP(=O)(Oc3ccccc3)Oc3ccccc3)c2=O)cc(C(C)(C)C)c1O. The van der Waals surface area contributed by atoms with Gasteiger partial charge in [0.05, 0.1) is 19.6 Å². The summed E-state index contributed by atoms with van der Waals surface area (Å²) in [6.07, 6.45) is 0. The number of phenolic OH excluding ortho intramolecular Hbond substituents is 3. The van der Waals surface area contributed by atoms with Gasteiger partial charge in [0.15, 0.2) is 0 Å². The third-order valence-electron chi connectivity index (χ3n) is 14.2. The predicted octanol–water partition coefficient (Wildman–Crippen LogP) is 14.5. The number of hydrogen-bond donors (Lipinski definition) is 3. The normalized spacial score (nSPS) is 12.9. The summed E-state index contributed by atoms with van der Waals surface area (Å²) in [5, 5.41) is 36.2. The van der Waals surface area contributed by atoms with E-state index in [9.17, 15) is 15.3 Å². The average Bonchev–Trinajstić information content (AvgIpc) is 3.52. The number of para-hydroxylation sites is 3. The Morgan fingerprint density at radius 3 is 1.07 bits per heavy atom. The van der Waals surface area contributed by atoms with Crippen molar-refractivity contribution in [2.24, 2.45) is 0 Å². The van der Waals surface area contributed by atoms with Crippen LogP contribution in [0.1, 0.15) is 175 Å². The molecule has 0 unspecified atom stereocenters. The molecule has 7 rings (SSSR count). The first-order valence-corrected chi connectivity index (χ1v) is 28.7. The predicted molar refractivity (Wildman–Crippen MR) is 321 cm³/mol. The molecule has 0 bridgehead atoms. The Morgan fingerprint density at radius 1 is 0.400 bits per heavy atom. The zero-order valence-electron chi connectivity index (χ0n) is 50.1. The Kier molecular flexibility index (Phi) is 16.4. The first kappa shape index (κ1) is 60.4. The third kappa shape index (κ3) is 13.0. The van der Waals surface area contributed by atoms with Crippen LogP contribution in [-0.4, -0.2) is 29.0 Å². The topological polar surface area (TPSA) is 171 Å². The van der Waals surface area contributed by atoms with Crippen molar-refractivity contribution in [3.63, 3.8) is 0 Å². The van der Waals surface area contributed by atoms with Gasteiger partial charge in [0.1, 0.15) is 34.5 Å². The van der Waals surface area contributed by atoms with Crippen molar-refractivity contribution in [3.8, 4) is 45.6 Å². The molecule has 0 saturated heterocycles. The molecule has 0 aliphatic heterocycles. The van der Waals surface area contributed by atoms with Gasteiger partial charge in [-0.15, -0.1) is 0 Å². The van der Waals surface area contributed by atoms with Crippen molar-refractivity contribution in [2.45, 2.75) is 177 Å². The van der Waals surface area contributed by atoms with Crippen molar-refractivity contribution < 1.29 is 33.5 Å². The van der Waals surface area contributed by atoms with Crippen LogP contribution in [0.2, 0.25) is 0 Å². The fourth-order valence-corrected chi connectivity index (χ4v) is 11.4. The summed E-state index contributed by atoms with van der Waals surface area (Å²) >= 11 is 0. The maximum Gasteiger partial charge on any atom is 0.647 e. The second kappa shape index (κ2) is 21.7. The monoisotopic (exact) mass is 1110 g/mol. The van der Waals surface area contributed by atoms with E-state index in [2.05, 4.69) is 0 Å². The van der Waals surface area contributed by atoms with Gasteiger partial charge in [-0.2, -0.15) is 4.57 Å². The zero-order chi connectivity index (χ0) is 59.5. The van der Waals surface area contributed by atoms with Crippen molar-refractivity contribution in [2.75, 3.05) is 0 Å². The van der Waals surface area contributed by atoms with Crippen LogP contribution in [0.25, 0.3) is 11.1 Å². The molecule has 1 heterocycles. The highest BCUT2D eigenvalue weighted by Crippen LogP contribution is 2.54. The van der Waals surface area contributed by atoms with Crippen molar-refractivity contribution in [3.05, 3.63) is 197 Å². The van der Waals surface area contributed by atoms with Crippen LogP contribution in [-0.2, 0) is 56.7 Å². The summed E-state index contributed by atoms with van der Waals surface area (Å²) in [6, 6.07) is 32.8. The second-order valence-electron chi connectivity index (χ2n) is 27.2. The fourth-order valence-electron chi connectivity index (χ4n) is 10.1. The summed E-state index contributed by atoms with van der Waals surface area (Å²) in [5.41, 5.74) is -0.640. The lowest BCUT2D eigenvalue weighted by molar-refractivity contribution is 0.299. The van der Waals surface area contributed by atoms with Crippen LogP contribution in [0.4, 0.5) is 0 Å². The van der Waals surface area contributed by atoms with Gasteiger partial charge in [-0.1, -0.05) is 179 Å². The van der Waals surface area contributed by atoms with E-state index in [-0.39, 0.29) is 47.6 Å². The lowest BCUT2D eigenvalue weighted by Gasteiger charge is -2.32. The minimum Gasteiger partial charge on any atom is -0.507 e. The molecule has 13 nitrogen and oxygen atoms in total. The van der Waals surface area contributed by atoms with E-state index in [1.165, 1.54) is 0 Å². The fraction of sp³-hybridized carbons (Fsp3) is 0.409. The van der Waals surface area contributed by atoms with Crippen molar-refractivity contribution >= 4 is 7.82 Å². The molecule has 7 aromatic rings. The first-order chi connectivity index (χ1) is 36.8. The molecular weight excluding hydrogens is 1030 g/mol. The van der Waals surface area contributed by atoms with E-state index in [1.54, 1.807) is 91.0 Å². The molecule has 0 fully saturated rings. The first-order valence-electron chi connectivity index (χ1n) is 27.3. The number of rotatable bonds is 13. The molecule has 426 valence electrons. The second-order valence-corrected chi connectivity index (χ2v) is 28.7. The molecule has 3 N–H and O–H groups in total. The number of aromatic nitrogens is 3. The number of nitrogens with zero attached hydrogens (tertiary/aromatic N) is 3. The van der Waals surface area contributed by atoms with Crippen molar-refractivity contribution in [1.29, 1.82) is 0 Å². The van der Waals surface area contributed by atoms with E-state index in [4.69, 9.17) is 13.6 Å². The van der Waals surface area contributed by atoms with Crippen LogP contribution >= 0.6 is 7.82 Å². The summed E-state index contributed by atoms with van der Waals surface area (Å²) in [7, 11) is -4.62. The Morgan fingerprint density at radius 2 is 0.725 bits per heavy atom. The van der Waals surface area contributed by atoms with E-state index < -0.39 is 63.9 Å². The van der Waals surface area contributed by atoms with Crippen LogP contribution < -0.4 is 30.6 Å². The standard InChI is InChI=1S/C66H82N3O10P/c1-61(2,3)47-33-41(34-48(55(47)70)62(4,5)6)38-67-58(73)68(39-42-35-49(63(7,8)9)56(71)50(36-42)64(10,11)12)60(75)69(59(67)74)40-43-37-51(65(13,14)15)57(72)54(66(16,17)18)53(43)46-31-25-26-32-52(46)79-80(76,77-44-27-21-19-22-28-44)78-45-29-23-20-24-30-45/h19-37,70-72H,38-40H2,1-18H3. The molecule has 1 aromatic heterocycles. The van der Waals surface area contributed by atoms with Crippen LogP contribution in [0, 0.1) is 0 Å². The van der Waals surface area contributed by atoms with Gasteiger partial charge in [-0.05, 0) is 143 Å². The molecule has 0 saturated carbocycles. The third-order valence-corrected chi connectivity index (χ3v) is 15.5. The summed E-state index contributed by atoms with van der Waals surface area (Å²) in [6.45, 7) is 34.5. The average molecular weight is 1110 g/mol. The molecule has 0 spiro atoms. The maximum atomic E-state index is 15.6. The maximum absolute atomic E-state index is 15.6. The zero-order valence-corrected chi connectivity index (χ0v) is 51.0. The number of phenols is 3. The molecule has 14 heteroatoms. The van der Waals surface area contributed by atoms with Crippen LogP contribution in [0.3, 0.4) is 0 Å². The number of phosphoric acid groups is 1. The van der Waals surface area contributed by atoms with Gasteiger partial charge >= 0.3 is 24.9 Å². The summed E-state index contributed by atoms with van der Waals surface area (Å²) < 4.78 is 37.1. The molecule has 80 heavy (non-hydrogen) atoms. The highest BCUT2D eigenvalue weighted by atomic mass is 31.2. The molecule has 0 atom stereocenters. The summed E-state index contributed by atoms with van der Waals surface area (Å²) in [5.74, 6) is 0.704. The number of hydrogen-bond acceptors (Lipinski definition) is 10. The number of benzene rings is 6.